The maximum atomic E-state index is 12.1. The van der Waals surface area contributed by atoms with Crippen LogP contribution in [0.3, 0.4) is 0 Å². The van der Waals surface area contributed by atoms with Crippen molar-refractivity contribution in [3.63, 3.8) is 0 Å². The highest BCUT2D eigenvalue weighted by molar-refractivity contribution is 5.91. The van der Waals surface area contributed by atoms with Crippen molar-refractivity contribution in [3.05, 3.63) is 48.6 Å². The molecule has 5 atom stereocenters. The lowest BCUT2D eigenvalue weighted by Crippen LogP contribution is -2.40. The van der Waals surface area contributed by atoms with Crippen LogP contribution in [0.5, 0.6) is 0 Å². The van der Waals surface area contributed by atoms with Gasteiger partial charge >= 0.3 is 11.9 Å². The molecule has 0 aliphatic carbocycles. The first-order valence-electron chi connectivity index (χ1n) is 8.12. The summed E-state index contributed by atoms with van der Waals surface area (Å²) in [6, 6.07) is 0. The number of esters is 2. The number of fused-ring (bicyclic) bond motifs is 4. The molecule has 1 N–H and O–H groups in total. The van der Waals surface area contributed by atoms with Crippen molar-refractivity contribution in [1.29, 1.82) is 0 Å². The maximum absolute atomic E-state index is 12.1. The zero-order valence-electron chi connectivity index (χ0n) is 14.2. The van der Waals surface area contributed by atoms with Crippen LogP contribution in [0.15, 0.2) is 48.6 Å². The molecule has 3 rings (SSSR count). The largest absolute Gasteiger partial charge is 0.458 e. The van der Waals surface area contributed by atoms with Crippen molar-refractivity contribution < 1.29 is 28.9 Å². The first kappa shape index (κ1) is 17.6. The van der Waals surface area contributed by atoms with E-state index >= 15 is 0 Å². The van der Waals surface area contributed by atoms with Gasteiger partial charge in [0.05, 0.1) is 5.92 Å². The fraction of sp³-hybridized carbons (Fsp3) is 0.474. The first-order valence-corrected chi connectivity index (χ1v) is 8.12. The van der Waals surface area contributed by atoms with Gasteiger partial charge in [-0.05, 0) is 12.5 Å². The maximum Gasteiger partial charge on any atom is 0.334 e. The molecular weight excluding hydrogens is 324 g/mol. The lowest BCUT2D eigenvalue weighted by molar-refractivity contribution is -0.209. The third-order valence-corrected chi connectivity index (χ3v) is 4.84. The van der Waals surface area contributed by atoms with E-state index in [0.29, 0.717) is 11.1 Å². The number of hydrogen-bond acceptors (Lipinski definition) is 6. The number of ether oxygens (including phenoxy) is 3. The van der Waals surface area contributed by atoms with Crippen molar-refractivity contribution in [1.82, 2.24) is 0 Å². The predicted molar refractivity (Wildman–Crippen MR) is 89.2 cm³/mol. The molecule has 3 saturated heterocycles. The van der Waals surface area contributed by atoms with Gasteiger partial charge in [-0.15, -0.1) is 0 Å². The third-order valence-electron chi connectivity index (χ3n) is 4.84. The minimum atomic E-state index is -1.44. The molecule has 3 aliphatic rings. The lowest BCUT2D eigenvalue weighted by atomic mass is 9.82. The molecule has 0 aromatic carbocycles. The molecule has 0 radical (unpaired) electrons. The van der Waals surface area contributed by atoms with Gasteiger partial charge < -0.3 is 19.3 Å². The van der Waals surface area contributed by atoms with Gasteiger partial charge in [-0.1, -0.05) is 31.9 Å². The highest BCUT2D eigenvalue weighted by Crippen LogP contribution is 2.47. The molecular formula is C19H22O6. The van der Waals surface area contributed by atoms with Crippen LogP contribution in [0.2, 0.25) is 0 Å². The highest BCUT2D eigenvalue weighted by Gasteiger charge is 2.55. The number of aliphatic hydroxyl groups is 1. The van der Waals surface area contributed by atoms with E-state index in [0.717, 1.165) is 0 Å². The second kappa shape index (κ2) is 5.97. The van der Waals surface area contributed by atoms with Crippen LogP contribution >= 0.6 is 0 Å². The van der Waals surface area contributed by atoms with E-state index in [1.165, 1.54) is 0 Å². The third kappa shape index (κ3) is 3.07. The van der Waals surface area contributed by atoms with Gasteiger partial charge in [0, 0.05) is 30.4 Å². The van der Waals surface area contributed by atoms with Gasteiger partial charge in [-0.3, -0.25) is 0 Å². The van der Waals surface area contributed by atoms with E-state index < -0.39 is 42.0 Å². The molecule has 5 unspecified atom stereocenters. The Morgan fingerprint density at radius 3 is 2.64 bits per heavy atom. The van der Waals surface area contributed by atoms with Crippen molar-refractivity contribution >= 4 is 11.9 Å². The van der Waals surface area contributed by atoms with Crippen molar-refractivity contribution in [2.24, 2.45) is 5.92 Å². The summed E-state index contributed by atoms with van der Waals surface area (Å²) in [5.41, 5.74) is 1.73. The van der Waals surface area contributed by atoms with Gasteiger partial charge in [0.1, 0.15) is 18.3 Å². The van der Waals surface area contributed by atoms with Crippen LogP contribution in [0.25, 0.3) is 0 Å². The standard InChI is InChI=1S/C19H22O6/c1-9(2)17(20)23-13-6-10(3)7-19(22)8-11(4)15(25-19)16-14(13)12(5)18(21)24-16/h13-16,22H,1,3-8H2,2H3. The van der Waals surface area contributed by atoms with Crippen molar-refractivity contribution in [3.8, 4) is 0 Å². The molecule has 0 saturated carbocycles. The Kier molecular flexibility index (Phi) is 4.21. The Hall–Kier alpha value is -2.18. The predicted octanol–water partition coefficient (Wildman–Crippen LogP) is 1.96. The highest BCUT2D eigenvalue weighted by atomic mass is 16.7. The summed E-state index contributed by atoms with van der Waals surface area (Å²) in [5, 5.41) is 10.7. The van der Waals surface area contributed by atoms with Crippen LogP contribution in [0.1, 0.15) is 26.2 Å². The smallest absolute Gasteiger partial charge is 0.334 e. The van der Waals surface area contributed by atoms with Gasteiger partial charge in [-0.2, -0.15) is 0 Å². The van der Waals surface area contributed by atoms with Gasteiger partial charge in [0.25, 0.3) is 0 Å². The Bertz CT molecular complexity index is 705. The van der Waals surface area contributed by atoms with Crippen LogP contribution < -0.4 is 0 Å². The lowest BCUT2D eigenvalue weighted by Gasteiger charge is -2.29. The minimum Gasteiger partial charge on any atom is -0.458 e. The zero-order valence-corrected chi connectivity index (χ0v) is 14.2. The average molecular weight is 346 g/mol. The SMILES string of the molecule is C=C1CC(OC(=O)C(=C)C)C2C(=C)C(=O)OC2C2OC(O)(C1)CC2=C. The molecule has 0 aromatic rings. The molecule has 3 fully saturated rings. The van der Waals surface area contributed by atoms with Gasteiger partial charge in [0.15, 0.2) is 5.79 Å². The number of hydrogen-bond donors (Lipinski definition) is 1. The molecule has 134 valence electrons. The van der Waals surface area contributed by atoms with Crippen molar-refractivity contribution in [2.45, 2.75) is 50.3 Å². The summed E-state index contributed by atoms with van der Waals surface area (Å²) in [4.78, 5) is 24.2. The van der Waals surface area contributed by atoms with Crippen LogP contribution in [0, 0.1) is 5.92 Å². The number of carbonyl (C=O) groups is 2. The topological polar surface area (TPSA) is 82.1 Å². The van der Waals surface area contributed by atoms with Gasteiger partial charge in [-0.25, -0.2) is 9.59 Å². The van der Waals surface area contributed by atoms with Crippen LogP contribution in [-0.2, 0) is 23.8 Å². The van der Waals surface area contributed by atoms with E-state index in [1.54, 1.807) is 6.92 Å². The van der Waals surface area contributed by atoms with Crippen LogP contribution in [-0.4, -0.2) is 41.1 Å². The Labute approximate surface area is 146 Å². The molecule has 3 aliphatic heterocycles. The number of carbonyl (C=O) groups excluding carboxylic acids is 2. The summed E-state index contributed by atoms with van der Waals surface area (Å²) in [6.45, 7) is 16.9. The monoisotopic (exact) mass is 346 g/mol. The summed E-state index contributed by atoms with van der Waals surface area (Å²) in [5.74, 6) is -3.17. The summed E-state index contributed by atoms with van der Waals surface area (Å²) < 4.78 is 16.8. The van der Waals surface area contributed by atoms with E-state index in [2.05, 4.69) is 26.3 Å². The van der Waals surface area contributed by atoms with E-state index in [4.69, 9.17) is 14.2 Å². The molecule has 25 heavy (non-hydrogen) atoms. The average Bonchev–Trinajstić information content (AvgIpc) is 2.95. The molecule has 0 spiro atoms. The van der Waals surface area contributed by atoms with E-state index in [9.17, 15) is 14.7 Å². The second-order valence-electron chi connectivity index (χ2n) is 7.10. The Morgan fingerprint density at radius 2 is 2.00 bits per heavy atom. The summed E-state index contributed by atoms with van der Waals surface area (Å²) >= 11 is 0. The Morgan fingerprint density at radius 1 is 1.32 bits per heavy atom. The Balaban J connectivity index is 2.01. The van der Waals surface area contributed by atoms with Gasteiger partial charge in [0.2, 0.25) is 0 Å². The quantitative estimate of drug-likeness (QED) is 0.468. The zero-order chi connectivity index (χ0) is 18.5. The molecule has 3 heterocycles. The summed E-state index contributed by atoms with van der Waals surface area (Å²) in [6.07, 6.45) is -1.46. The second-order valence-corrected chi connectivity index (χ2v) is 7.10. The minimum absolute atomic E-state index is 0.184. The van der Waals surface area contributed by atoms with E-state index in [1.807, 2.05) is 0 Å². The molecule has 0 aromatic heterocycles. The molecule has 2 bridgehead atoms. The normalized spacial score (nSPS) is 37.7. The van der Waals surface area contributed by atoms with Crippen molar-refractivity contribution in [2.75, 3.05) is 0 Å². The van der Waals surface area contributed by atoms with Crippen LogP contribution in [0.4, 0.5) is 0 Å². The molecule has 6 heteroatoms. The number of rotatable bonds is 2. The van der Waals surface area contributed by atoms with E-state index in [-0.39, 0.29) is 30.4 Å². The first-order chi connectivity index (χ1) is 11.6. The summed E-state index contributed by atoms with van der Waals surface area (Å²) in [7, 11) is 0. The molecule has 0 amide bonds. The molecule has 6 nitrogen and oxygen atoms in total. The fourth-order valence-electron chi connectivity index (χ4n) is 3.74. The fourth-order valence-corrected chi connectivity index (χ4v) is 3.74.